The van der Waals surface area contributed by atoms with Crippen LogP contribution >= 0.6 is 0 Å². The van der Waals surface area contributed by atoms with Gasteiger partial charge in [0.25, 0.3) is 0 Å². The van der Waals surface area contributed by atoms with Gasteiger partial charge in [-0.3, -0.25) is 9.59 Å². The average molecular weight is 364 g/mol. The van der Waals surface area contributed by atoms with Gasteiger partial charge < -0.3 is 14.6 Å². The number of pyridine rings is 1. The number of esters is 1. The minimum atomic E-state index is -1.33. The molecule has 3 rings (SSSR count). The van der Waals surface area contributed by atoms with E-state index in [1.54, 1.807) is 11.5 Å². The van der Waals surface area contributed by atoms with Gasteiger partial charge in [-0.05, 0) is 26.7 Å². The second-order valence-corrected chi connectivity index (χ2v) is 6.26. The van der Waals surface area contributed by atoms with Gasteiger partial charge in [-0.25, -0.2) is 13.6 Å². The van der Waals surface area contributed by atoms with Crippen molar-refractivity contribution >= 4 is 28.5 Å². The van der Waals surface area contributed by atoms with E-state index in [0.717, 1.165) is 19.8 Å². The van der Waals surface area contributed by atoms with Crippen molar-refractivity contribution in [3.8, 4) is 0 Å². The smallest absolute Gasteiger partial charge is 0.343 e. The molecule has 1 fully saturated rings. The molecule has 1 aliphatic rings. The second kappa shape index (κ2) is 6.51. The maximum Gasteiger partial charge on any atom is 0.343 e. The van der Waals surface area contributed by atoms with E-state index in [-0.39, 0.29) is 34.7 Å². The van der Waals surface area contributed by atoms with Crippen molar-refractivity contribution in [1.29, 1.82) is 0 Å². The molecule has 0 bridgehead atoms. The Hall–Kier alpha value is -2.77. The molecular formula is C18H18F2N2O4. The molecule has 1 saturated carbocycles. The highest BCUT2D eigenvalue weighted by molar-refractivity contribution is 6.04. The van der Waals surface area contributed by atoms with Crippen LogP contribution in [0.2, 0.25) is 0 Å². The van der Waals surface area contributed by atoms with Gasteiger partial charge in [0.1, 0.15) is 5.56 Å². The van der Waals surface area contributed by atoms with Gasteiger partial charge in [0.15, 0.2) is 11.6 Å². The van der Waals surface area contributed by atoms with Crippen LogP contribution in [-0.2, 0) is 9.53 Å². The van der Waals surface area contributed by atoms with E-state index in [2.05, 4.69) is 5.32 Å². The van der Waals surface area contributed by atoms with Gasteiger partial charge in [-0.1, -0.05) is 0 Å². The van der Waals surface area contributed by atoms with Gasteiger partial charge >= 0.3 is 5.97 Å². The van der Waals surface area contributed by atoms with Gasteiger partial charge in [0.05, 0.1) is 23.2 Å². The van der Waals surface area contributed by atoms with Crippen molar-refractivity contribution in [1.82, 2.24) is 4.57 Å². The molecule has 1 N–H and O–H groups in total. The molecule has 0 saturated heterocycles. The van der Waals surface area contributed by atoms with Crippen molar-refractivity contribution in [2.75, 3.05) is 11.9 Å². The predicted octanol–water partition coefficient (Wildman–Crippen LogP) is 3.06. The number of fused-ring (bicyclic) bond motifs is 1. The number of hydrogen-bond donors (Lipinski definition) is 1. The normalized spacial score (nSPS) is 13.7. The van der Waals surface area contributed by atoms with Crippen LogP contribution in [0.15, 0.2) is 11.0 Å². The van der Waals surface area contributed by atoms with Crippen molar-refractivity contribution in [2.45, 2.75) is 39.7 Å². The van der Waals surface area contributed by atoms with Crippen LogP contribution in [-0.4, -0.2) is 23.1 Å². The Morgan fingerprint density at radius 1 is 1.31 bits per heavy atom. The SMILES string of the molecule is CCOC(=O)c1cn(C2CC2)c2c(C)c(F)c(F)c(NC(C)=O)c2c1=O. The quantitative estimate of drug-likeness (QED) is 0.846. The number of nitrogens with zero attached hydrogens (tertiary/aromatic N) is 1. The number of carbonyl (C=O) groups excluding carboxylic acids is 2. The van der Waals surface area contributed by atoms with Crippen molar-refractivity contribution in [3.63, 3.8) is 0 Å². The van der Waals surface area contributed by atoms with Gasteiger partial charge in [-0.15, -0.1) is 0 Å². The highest BCUT2D eigenvalue weighted by atomic mass is 19.2. The van der Waals surface area contributed by atoms with Crippen LogP contribution in [0.1, 0.15) is 48.7 Å². The first kappa shape index (κ1) is 18.0. The van der Waals surface area contributed by atoms with Crippen LogP contribution in [0.25, 0.3) is 10.9 Å². The molecule has 1 aromatic heterocycles. The number of aromatic nitrogens is 1. The van der Waals surface area contributed by atoms with E-state index in [1.165, 1.54) is 13.1 Å². The van der Waals surface area contributed by atoms with Crippen molar-refractivity contribution in [3.05, 3.63) is 39.2 Å². The fourth-order valence-corrected chi connectivity index (χ4v) is 3.02. The number of rotatable bonds is 4. The van der Waals surface area contributed by atoms with Crippen LogP contribution in [0.5, 0.6) is 0 Å². The molecule has 0 aliphatic heterocycles. The van der Waals surface area contributed by atoms with E-state index in [9.17, 15) is 23.2 Å². The number of hydrogen-bond acceptors (Lipinski definition) is 4. The summed E-state index contributed by atoms with van der Waals surface area (Å²) < 4.78 is 35.4. The van der Waals surface area contributed by atoms with Crippen LogP contribution < -0.4 is 10.7 Å². The fourth-order valence-electron chi connectivity index (χ4n) is 3.02. The summed E-state index contributed by atoms with van der Waals surface area (Å²) in [5.74, 6) is -3.97. The zero-order valence-corrected chi connectivity index (χ0v) is 14.6. The zero-order chi connectivity index (χ0) is 19.2. The fraction of sp³-hybridized carbons (Fsp3) is 0.389. The van der Waals surface area contributed by atoms with E-state index in [0.29, 0.717) is 0 Å². The summed E-state index contributed by atoms with van der Waals surface area (Å²) in [6, 6.07) is -0.0278. The Labute approximate surface area is 147 Å². The minimum absolute atomic E-state index is 0.0278. The van der Waals surface area contributed by atoms with Gasteiger partial charge in [-0.2, -0.15) is 0 Å². The molecule has 0 radical (unpaired) electrons. The lowest BCUT2D eigenvalue weighted by molar-refractivity contribution is -0.114. The molecular weight excluding hydrogens is 346 g/mol. The highest BCUT2D eigenvalue weighted by Crippen LogP contribution is 2.40. The van der Waals surface area contributed by atoms with Crippen LogP contribution in [0, 0.1) is 18.6 Å². The molecule has 138 valence electrons. The molecule has 0 atom stereocenters. The largest absolute Gasteiger partial charge is 0.462 e. The summed E-state index contributed by atoms with van der Waals surface area (Å²) in [4.78, 5) is 36.6. The average Bonchev–Trinajstić information content (AvgIpc) is 3.41. The van der Waals surface area contributed by atoms with Crippen LogP contribution in [0.4, 0.5) is 14.5 Å². The minimum Gasteiger partial charge on any atom is -0.462 e. The molecule has 0 spiro atoms. The number of carbonyl (C=O) groups is 2. The Bertz CT molecular complexity index is 993. The van der Waals surface area contributed by atoms with Crippen molar-refractivity contribution in [2.24, 2.45) is 0 Å². The lowest BCUT2D eigenvalue weighted by atomic mass is 10.0. The monoisotopic (exact) mass is 364 g/mol. The summed E-state index contributed by atoms with van der Waals surface area (Å²) in [6.45, 7) is 4.15. The summed E-state index contributed by atoms with van der Waals surface area (Å²) >= 11 is 0. The summed E-state index contributed by atoms with van der Waals surface area (Å²) in [5, 5.41) is 1.96. The molecule has 1 aromatic carbocycles. The molecule has 8 heteroatoms. The molecule has 1 aliphatic carbocycles. The molecule has 26 heavy (non-hydrogen) atoms. The Morgan fingerprint density at radius 2 is 1.96 bits per heavy atom. The van der Waals surface area contributed by atoms with Gasteiger partial charge in [0.2, 0.25) is 11.3 Å². The first-order valence-corrected chi connectivity index (χ1v) is 8.29. The molecule has 1 amide bonds. The van der Waals surface area contributed by atoms with Gasteiger partial charge in [0, 0.05) is 24.7 Å². The summed E-state index contributed by atoms with van der Waals surface area (Å²) in [6.07, 6.45) is 2.91. The maximum absolute atomic E-state index is 14.5. The Balaban J connectivity index is 2.48. The highest BCUT2D eigenvalue weighted by Gasteiger charge is 2.31. The Morgan fingerprint density at radius 3 is 2.50 bits per heavy atom. The lowest BCUT2D eigenvalue weighted by Gasteiger charge is -2.18. The Kier molecular flexibility index (Phi) is 4.52. The second-order valence-electron chi connectivity index (χ2n) is 6.26. The first-order valence-electron chi connectivity index (χ1n) is 8.29. The topological polar surface area (TPSA) is 77.4 Å². The van der Waals surface area contributed by atoms with E-state index in [1.807, 2.05) is 0 Å². The molecule has 6 nitrogen and oxygen atoms in total. The third-order valence-corrected chi connectivity index (χ3v) is 4.32. The molecule has 2 aromatic rings. The number of aryl methyl sites for hydroxylation is 1. The zero-order valence-electron chi connectivity index (χ0n) is 14.6. The third kappa shape index (κ3) is 2.85. The third-order valence-electron chi connectivity index (χ3n) is 4.32. The number of amides is 1. The van der Waals surface area contributed by atoms with E-state index >= 15 is 0 Å². The summed E-state index contributed by atoms with van der Waals surface area (Å²) in [7, 11) is 0. The molecule has 0 unspecified atom stereocenters. The maximum atomic E-state index is 14.5. The van der Waals surface area contributed by atoms with Crippen LogP contribution in [0.3, 0.4) is 0 Å². The predicted molar refractivity (Wildman–Crippen MR) is 91.4 cm³/mol. The number of nitrogens with one attached hydrogen (secondary N) is 1. The van der Waals surface area contributed by atoms with E-state index in [4.69, 9.17) is 4.74 Å². The standard InChI is InChI=1S/C18H18F2N2O4/c1-4-26-18(25)11-7-22(10-5-6-10)16-8(2)13(19)14(20)15(21-9(3)23)12(16)17(11)24/h7,10H,4-6H2,1-3H3,(H,21,23). The van der Waals surface area contributed by atoms with E-state index < -0.39 is 34.6 Å². The lowest BCUT2D eigenvalue weighted by Crippen LogP contribution is -2.24. The first-order chi connectivity index (χ1) is 12.3. The summed E-state index contributed by atoms with van der Waals surface area (Å²) in [5.41, 5.74) is -1.51. The number of benzene rings is 1. The number of halogens is 2. The number of anilines is 1. The molecule has 1 heterocycles. The van der Waals surface area contributed by atoms with Crippen molar-refractivity contribution < 1.29 is 23.1 Å². The number of ether oxygens (including phenoxy) is 1.